The molecule has 19 heavy (non-hydrogen) atoms. The second-order valence-corrected chi connectivity index (χ2v) is 5.20. The van der Waals surface area contributed by atoms with Gasteiger partial charge in [0.25, 0.3) is 5.91 Å². The molecule has 3 N–H and O–H groups in total. The zero-order valence-electron chi connectivity index (χ0n) is 10.9. The molecule has 1 saturated carbocycles. The van der Waals surface area contributed by atoms with Gasteiger partial charge in [0, 0.05) is 6.54 Å². The summed E-state index contributed by atoms with van der Waals surface area (Å²) in [7, 11) is 0. The fourth-order valence-electron chi connectivity index (χ4n) is 2.61. The van der Waals surface area contributed by atoms with Crippen LogP contribution in [0.1, 0.15) is 36.5 Å². The lowest BCUT2D eigenvalue weighted by molar-refractivity contribution is 0.0936. The highest BCUT2D eigenvalue weighted by atomic mass is 19.1. The number of nitrogens with one attached hydrogen (secondary N) is 1. The van der Waals surface area contributed by atoms with Gasteiger partial charge in [-0.15, -0.1) is 0 Å². The van der Waals surface area contributed by atoms with Crippen molar-refractivity contribution >= 4 is 11.6 Å². The first-order valence-electron chi connectivity index (χ1n) is 6.52. The van der Waals surface area contributed by atoms with Crippen LogP contribution in [0.15, 0.2) is 12.1 Å². The van der Waals surface area contributed by atoms with E-state index in [9.17, 15) is 13.6 Å². The third-order valence-electron chi connectivity index (χ3n) is 3.91. The summed E-state index contributed by atoms with van der Waals surface area (Å²) in [4.78, 5) is 11.9. The zero-order valence-corrected chi connectivity index (χ0v) is 10.9. The molecule has 1 fully saturated rings. The average molecular weight is 268 g/mol. The standard InChI is InChI=1S/C14H18F2N2O/c1-8-3-2-4-9(8)7-18-14(19)12-10(15)5-6-11(17)13(12)16/h5-6,8-9H,2-4,7,17H2,1H3,(H,18,19). The topological polar surface area (TPSA) is 55.1 Å². The molecular formula is C14H18F2N2O. The van der Waals surface area contributed by atoms with Gasteiger partial charge in [-0.05, 0) is 30.4 Å². The highest BCUT2D eigenvalue weighted by Gasteiger charge is 2.25. The molecule has 1 aliphatic carbocycles. The number of anilines is 1. The normalized spacial score (nSPS) is 22.5. The molecule has 2 unspecified atom stereocenters. The van der Waals surface area contributed by atoms with E-state index in [1.54, 1.807) is 0 Å². The molecule has 0 bridgehead atoms. The number of halogens is 2. The third kappa shape index (κ3) is 2.85. The predicted octanol–water partition coefficient (Wildman–Crippen LogP) is 2.71. The molecule has 2 atom stereocenters. The van der Waals surface area contributed by atoms with Crippen LogP contribution >= 0.6 is 0 Å². The molecule has 0 radical (unpaired) electrons. The lowest BCUT2D eigenvalue weighted by atomic mass is 9.98. The molecule has 0 spiro atoms. The van der Waals surface area contributed by atoms with E-state index in [2.05, 4.69) is 12.2 Å². The van der Waals surface area contributed by atoms with E-state index in [-0.39, 0.29) is 5.69 Å². The summed E-state index contributed by atoms with van der Waals surface area (Å²) in [5.41, 5.74) is 4.53. The minimum absolute atomic E-state index is 0.221. The molecule has 0 aliphatic heterocycles. The van der Waals surface area contributed by atoms with Crippen LogP contribution in [-0.2, 0) is 0 Å². The molecule has 3 nitrogen and oxygen atoms in total. The minimum Gasteiger partial charge on any atom is -0.396 e. The first kappa shape index (κ1) is 13.8. The SMILES string of the molecule is CC1CCCC1CNC(=O)c1c(F)ccc(N)c1F. The Morgan fingerprint density at radius 1 is 1.42 bits per heavy atom. The first-order valence-corrected chi connectivity index (χ1v) is 6.52. The van der Waals surface area contributed by atoms with Crippen molar-refractivity contribution in [1.82, 2.24) is 5.32 Å². The van der Waals surface area contributed by atoms with E-state index in [0.717, 1.165) is 31.4 Å². The van der Waals surface area contributed by atoms with Crippen molar-refractivity contribution < 1.29 is 13.6 Å². The van der Waals surface area contributed by atoms with E-state index in [1.807, 2.05) is 0 Å². The number of hydrogen-bond donors (Lipinski definition) is 2. The lowest BCUT2D eigenvalue weighted by Crippen LogP contribution is -2.31. The summed E-state index contributed by atoms with van der Waals surface area (Å²) in [6.45, 7) is 2.58. The Hall–Kier alpha value is -1.65. The maximum atomic E-state index is 13.7. The fraction of sp³-hybridized carbons (Fsp3) is 0.500. The van der Waals surface area contributed by atoms with Gasteiger partial charge in [-0.25, -0.2) is 8.78 Å². The van der Waals surface area contributed by atoms with Gasteiger partial charge in [0.2, 0.25) is 0 Å². The van der Waals surface area contributed by atoms with Crippen LogP contribution in [0.2, 0.25) is 0 Å². The van der Waals surface area contributed by atoms with Crippen LogP contribution < -0.4 is 11.1 Å². The van der Waals surface area contributed by atoms with Crippen LogP contribution in [0.3, 0.4) is 0 Å². The van der Waals surface area contributed by atoms with Crippen molar-refractivity contribution in [2.75, 3.05) is 12.3 Å². The molecule has 1 aliphatic rings. The van der Waals surface area contributed by atoms with Crippen LogP contribution in [0.5, 0.6) is 0 Å². The van der Waals surface area contributed by atoms with E-state index < -0.39 is 23.1 Å². The Balaban J connectivity index is 2.06. The Morgan fingerprint density at radius 2 is 2.16 bits per heavy atom. The first-order chi connectivity index (χ1) is 9.00. The van der Waals surface area contributed by atoms with Gasteiger partial charge in [0.15, 0.2) is 5.82 Å². The van der Waals surface area contributed by atoms with E-state index >= 15 is 0 Å². The molecule has 5 heteroatoms. The number of nitrogen functional groups attached to an aromatic ring is 1. The average Bonchev–Trinajstić information content (AvgIpc) is 2.77. The number of rotatable bonds is 3. The van der Waals surface area contributed by atoms with Crippen LogP contribution in [0.25, 0.3) is 0 Å². The van der Waals surface area contributed by atoms with Gasteiger partial charge in [-0.2, -0.15) is 0 Å². The summed E-state index contributed by atoms with van der Waals surface area (Å²) in [5, 5.41) is 2.61. The summed E-state index contributed by atoms with van der Waals surface area (Å²) >= 11 is 0. The number of carbonyl (C=O) groups is 1. The quantitative estimate of drug-likeness (QED) is 0.828. The fourth-order valence-corrected chi connectivity index (χ4v) is 2.61. The molecule has 104 valence electrons. The number of amides is 1. The highest BCUT2D eigenvalue weighted by molar-refractivity contribution is 5.95. The summed E-state index contributed by atoms with van der Waals surface area (Å²) in [5.74, 6) is -1.69. The molecule has 1 amide bonds. The summed E-state index contributed by atoms with van der Waals surface area (Å²) in [6, 6.07) is 2.12. The van der Waals surface area contributed by atoms with E-state index in [0.29, 0.717) is 18.4 Å². The largest absolute Gasteiger partial charge is 0.396 e. The monoisotopic (exact) mass is 268 g/mol. The molecule has 0 aromatic heterocycles. The van der Waals surface area contributed by atoms with Crippen molar-refractivity contribution in [3.05, 3.63) is 29.3 Å². The predicted molar refractivity (Wildman–Crippen MR) is 69.6 cm³/mol. The molecule has 1 aromatic rings. The van der Waals surface area contributed by atoms with Gasteiger partial charge >= 0.3 is 0 Å². The number of carbonyl (C=O) groups excluding carboxylic acids is 1. The smallest absolute Gasteiger partial charge is 0.257 e. The summed E-state index contributed by atoms with van der Waals surface area (Å²) in [6.07, 6.45) is 3.33. The van der Waals surface area contributed by atoms with Crippen molar-refractivity contribution in [2.45, 2.75) is 26.2 Å². The van der Waals surface area contributed by atoms with Gasteiger partial charge in [0.1, 0.15) is 11.4 Å². The maximum absolute atomic E-state index is 13.7. The Kier molecular flexibility index (Phi) is 4.02. The van der Waals surface area contributed by atoms with Crippen LogP contribution in [0.4, 0.5) is 14.5 Å². The van der Waals surface area contributed by atoms with Gasteiger partial charge < -0.3 is 11.1 Å². The third-order valence-corrected chi connectivity index (χ3v) is 3.91. The van der Waals surface area contributed by atoms with Gasteiger partial charge in [0.05, 0.1) is 5.69 Å². The van der Waals surface area contributed by atoms with Crippen molar-refractivity contribution in [2.24, 2.45) is 11.8 Å². The van der Waals surface area contributed by atoms with Crippen molar-refractivity contribution in [3.8, 4) is 0 Å². The zero-order chi connectivity index (χ0) is 14.0. The number of nitrogens with two attached hydrogens (primary N) is 1. The Morgan fingerprint density at radius 3 is 2.79 bits per heavy atom. The maximum Gasteiger partial charge on any atom is 0.257 e. The molecule has 1 aromatic carbocycles. The van der Waals surface area contributed by atoms with Crippen molar-refractivity contribution in [1.29, 1.82) is 0 Å². The second kappa shape index (κ2) is 5.55. The highest BCUT2D eigenvalue weighted by Crippen LogP contribution is 2.30. The van der Waals surface area contributed by atoms with Crippen LogP contribution in [-0.4, -0.2) is 12.5 Å². The van der Waals surface area contributed by atoms with Gasteiger partial charge in [-0.3, -0.25) is 4.79 Å². The lowest BCUT2D eigenvalue weighted by Gasteiger charge is -2.16. The Bertz CT molecular complexity index is 491. The molecule has 0 heterocycles. The number of hydrogen-bond acceptors (Lipinski definition) is 2. The molecular weight excluding hydrogens is 250 g/mol. The molecule has 2 rings (SSSR count). The van der Waals surface area contributed by atoms with Gasteiger partial charge in [-0.1, -0.05) is 19.8 Å². The number of benzene rings is 1. The van der Waals surface area contributed by atoms with Crippen LogP contribution in [0, 0.1) is 23.5 Å². The van der Waals surface area contributed by atoms with Crippen molar-refractivity contribution in [3.63, 3.8) is 0 Å². The van der Waals surface area contributed by atoms with E-state index in [4.69, 9.17) is 5.73 Å². The second-order valence-electron chi connectivity index (χ2n) is 5.20. The minimum atomic E-state index is -0.989. The van der Waals surface area contributed by atoms with E-state index in [1.165, 1.54) is 0 Å². The Labute approximate surface area is 111 Å². The summed E-state index contributed by atoms with van der Waals surface area (Å²) < 4.78 is 27.2. The molecule has 0 saturated heterocycles.